The molecule has 5 fully saturated rings. The minimum atomic E-state index is -0.482. The Kier molecular flexibility index (Phi) is 23.1. The Labute approximate surface area is 644 Å². The predicted molar refractivity (Wildman–Crippen MR) is 429 cm³/mol. The number of nitrogens with one attached hydrogen (secondary N) is 4. The molecule has 0 atom stereocenters. The van der Waals surface area contributed by atoms with Gasteiger partial charge >= 0.3 is 0 Å². The van der Waals surface area contributed by atoms with Gasteiger partial charge in [0.2, 0.25) is 5.91 Å². The monoisotopic (exact) mass is 1480 g/mol. The van der Waals surface area contributed by atoms with E-state index in [1.807, 2.05) is 91.0 Å². The number of H-pyrrole nitrogens is 3. The van der Waals surface area contributed by atoms with Crippen molar-refractivity contribution in [3.63, 3.8) is 0 Å². The quantitative estimate of drug-likeness (QED) is 0.0566. The summed E-state index contributed by atoms with van der Waals surface area (Å²) in [5.41, 5.74) is 19.8. The number of aliphatic hydroxyl groups is 1. The Hall–Kier alpha value is -12.2. The van der Waals surface area contributed by atoms with E-state index in [0.717, 1.165) is 190 Å². The lowest BCUT2D eigenvalue weighted by Gasteiger charge is -2.32. The van der Waals surface area contributed by atoms with Crippen LogP contribution < -0.4 is 38.8 Å². The molecule has 22 nitrogen and oxygen atoms in total. The minimum absolute atomic E-state index is 0.0974. The summed E-state index contributed by atoms with van der Waals surface area (Å²) in [7, 11) is 3.35. The van der Waals surface area contributed by atoms with Gasteiger partial charge in [0.25, 0.3) is 0 Å². The number of aryl methyl sites for hydroxylation is 1. The Morgan fingerprint density at radius 3 is 1.55 bits per heavy atom. The zero-order valence-corrected chi connectivity index (χ0v) is 62.5. The summed E-state index contributed by atoms with van der Waals surface area (Å²) < 4.78 is 45.9. The van der Waals surface area contributed by atoms with Crippen molar-refractivity contribution >= 4 is 50.0 Å². The molecule has 5 aliphatic heterocycles. The maximum atomic E-state index is 11.8. The van der Waals surface area contributed by atoms with Crippen LogP contribution >= 0.6 is 0 Å². The number of morpholine rings is 2. The molecule has 0 saturated carbocycles. The van der Waals surface area contributed by atoms with E-state index < -0.39 is 6.61 Å². The van der Waals surface area contributed by atoms with Crippen LogP contribution in [0.15, 0.2) is 176 Å². The van der Waals surface area contributed by atoms with E-state index in [9.17, 15) is 20.6 Å². The average Bonchev–Trinajstić information content (AvgIpc) is 1.65. The molecule has 0 bridgehead atoms. The number of amides is 1. The van der Waals surface area contributed by atoms with E-state index in [4.69, 9.17) is 43.0 Å². The van der Waals surface area contributed by atoms with E-state index in [0.29, 0.717) is 86.3 Å². The summed E-state index contributed by atoms with van der Waals surface area (Å²) in [6.45, 7) is 12.5. The fourth-order valence-corrected chi connectivity index (χ4v) is 15.3. The van der Waals surface area contributed by atoms with Crippen LogP contribution in [-0.2, 0) is 19.0 Å². The van der Waals surface area contributed by atoms with Crippen molar-refractivity contribution in [2.75, 3.05) is 123 Å². The molecule has 5 saturated heterocycles. The van der Waals surface area contributed by atoms with Crippen molar-refractivity contribution in [1.82, 2.24) is 35.1 Å². The van der Waals surface area contributed by atoms with Crippen molar-refractivity contribution in [2.45, 2.75) is 63.8 Å². The summed E-state index contributed by atoms with van der Waals surface area (Å²) in [5.74, 6) is 3.17. The summed E-state index contributed by atoms with van der Waals surface area (Å²) in [4.78, 5) is 38.0. The Balaban J connectivity index is 0.000000133. The molecule has 17 rings (SSSR count). The number of aliphatic hydroxyl groups excluding tert-OH is 1. The van der Waals surface area contributed by atoms with Gasteiger partial charge in [-0.15, -0.1) is 0 Å². The van der Waals surface area contributed by atoms with Crippen molar-refractivity contribution < 1.29 is 47.8 Å². The lowest BCUT2D eigenvalue weighted by atomic mass is 9.98. The van der Waals surface area contributed by atoms with E-state index >= 15 is 0 Å². The number of nitriles is 3. The number of carbonyl (C=O) groups excluding carboxylic acids is 1. The number of fused-ring (bicyclic) bond motifs is 3. The largest absolute Gasteiger partial charge is 0.497 e. The van der Waals surface area contributed by atoms with Crippen LogP contribution in [0, 0.1) is 40.9 Å². The first-order valence-corrected chi connectivity index (χ1v) is 38.0. The number of anilines is 2. The highest BCUT2D eigenvalue weighted by Crippen LogP contribution is 2.41. The van der Waals surface area contributed by atoms with Gasteiger partial charge in [0, 0.05) is 155 Å². The van der Waals surface area contributed by atoms with Gasteiger partial charge < -0.3 is 78.0 Å². The molecule has 5 aromatic heterocycles. The Bertz CT molecular complexity index is 5430. The number of aromatic nitrogens is 5. The summed E-state index contributed by atoms with van der Waals surface area (Å²) >= 11 is 0. The number of piperidine rings is 2. The molecule has 5 N–H and O–H groups in total. The SMILES string of the molecule is COc1cc(-c2cc3c(-c4ccc(OC5CCN(C(=O)CO)CC5)c(C#N)c4)nccc3[nH]2)ccc1N1CCOCC1.COc1ccc(-c2cc3c(-c4ccc(OC5CCNCC5)c(C#N)c4)nccc3[nH]2)cc1.Cc1cc(N2CCOCC2)ccc1-c1cc2c(-c3ccc(OC4CCOCC4)c(C#N)c3)cccc2[nH]1. The van der Waals surface area contributed by atoms with Crippen LogP contribution in [-0.4, -0.2) is 172 Å². The number of nitrogens with zero attached hydrogens (tertiary/aromatic N) is 8. The normalized spacial score (nSPS) is 15.7. The van der Waals surface area contributed by atoms with E-state index in [1.54, 1.807) is 31.5 Å². The highest BCUT2D eigenvalue weighted by Gasteiger charge is 2.27. The summed E-state index contributed by atoms with van der Waals surface area (Å²) in [6.07, 6.45) is 8.58. The smallest absolute Gasteiger partial charge is 0.248 e. The highest BCUT2D eigenvalue weighted by atomic mass is 16.5. The first-order valence-electron chi connectivity index (χ1n) is 38.0. The van der Waals surface area contributed by atoms with Gasteiger partial charge in [-0.2, -0.15) is 15.8 Å². The molecule has 0 aliphatic carbocycles. The maximum absolute atomic E-state index is 11.8. The van der Waals surface area contributed by atoms with Crippen molar-refractivity contribution in [3.05, 3.63) is 198 Å². The number of aromatic amines is 3. The number of hydrogen-bond donors (Lipinski definition) is 5. The third-order valence-electron chi connectivity index (χ3n) is 21.3. The van der Waals surface area contributed by atoms with E-state index in [-0.39, 0.29) is 24.2 Å². The van der Waals surface area contributed by atoms with Gasteiger partial charge in [-0.25, -0.2) is 0 Å². The van der Waals surface area contributed by atoms with Crippen LogP contribution in [0.25, 0.3) is 100 Å². The molecular formula is C89H88N12O10. The number of hydrogen-bond acceptors (Lipinski definition) is 18. The Morgan fingerprint density at radius 1 is 0.477 bits per heavy atom. The topological polar surface area (TPSA) is 277 Å². The van der Waals surface area contributed by atoms with Gasteiger partial charge in [-0.05, 0) is 189 Å². The molecule has 564 valence electrons. The molecule has 1 amide bonds. The molecule has 0 radical (unpaired) electrons. The number of carbonyl (C=O) groups is 1. The van der Waals surface area contributed by atoms with Crippen LogP contribution in [0.3, 0.4) is 0 Å². The standard InChI is InChI=1S/C32H33N5O5.C31H31N3O3.C26H24N4O2/c1-40-30-17-21(2-4-28(30)36-12-14-41-15-13-36)27-18-25-26(35-27)6-9-34-32(25)22-3-5-29(23(16-22)19-33)42-24-7-10-37(11-8-24)31(39)20-38;1-21-17-24(34-11-15-36-16-12-34)6-7-26(21)30-19-28-27(3-2-4-29(28)33-30)22-5-8-31(23(18-22)20-32)37-25-9-13-35-14-10-25;1-31-20-5-2-17(3-6-20)24-15-22-23(30-24)10-13-29-26(22)18-4-7-25(19(14-18)16-27)32-21-8-11-28-12-9-21/h2-6,9,16-18,24,35,38H,7-8,10-15,20H2,1H3;2-8,17-19,25,33H,9-16H2,1H3;2-7,10,13-15,21,28,30H,8-9,11-12H2,1H3. The van der Waals surface area contributed by atoms with Crippen molar-refractivity contribution in [1.29, 1.82) is 15.8 Å². The van der Waals surface area contributed by atoms with E-state index in [1.165, 1.54) is 16.8 Å². The van der Waals surface area contributed by atoms with Gasteiger partial charge in [0.05, 0.1) is 87.6 Å². The molecule has 22 heteroatoms. The molecule has 12 aromatic rings. The lowest BCUT2D eigenvalue weighted by Crippen LogP contribution is -2.42. The molecule has 111 heavy (non-hydrogen) atoms. The Morgan fingerprint density at radius 2 is 0.982 bits per heavy atom. The molecule has 0 spiro atoms. The van der Waals surface area contributed by atoms with Crippen LogP contribution in [0.4, 0.5) is 11.4 Å². The van der Waals surface area contributed by atoms with Gasteiger partial charge in [0.15, 0.2) is 0 Å². The second kappa shape index (κ2) is 34.6. The second-order valence-electron chi connectivity index (χ2n) is 28.2. The first-order chi connectivity index (χ1) is 54.5. The van der Waals surface area contributed by atoms with Gasteiger partial charge in [-0.1, -0.05) is 30.3 Å². The number of ether oxygens (including phenoxy) is 8. The summed E-state index contributed by atoms with van der Waals surface area (Å²) in [5, 5.41) is 45.1. The molecular weight excluding hydrogens is 1400 g/mol. The number of pyridine rings is 2. The van der Waals surface area contributed by atoms with Crippen molar-refractivity contribution in [3.8, 4) is 114 Å². The van der Waals surface area contributed by atoms with Crippen LogP contribution in [0.1, 0.15) is 60.8 Å². The first kappa shape index (κ1) is 74.3. The summed E-state index contributed by atoms with van der Waals surface area (Å²) in [6, 6.07) is 61.6. The molecule has 10 heterocycles. The lowest BCUT2D eigenvalue weighted by molar-refractivity contribution is -0.135. The maximum Gasteiger partial charge on any atom is 0.248 e. The second-order valence-corrected chi connectivity index (χ2v) is 28.2. The van der Waals surface area contributed by atoms with Gasteiger partial charge in [-0.3, -0.25) is 14.8 Å². The number of methoxy groups -OCH3 is 2. The molecule has 7 aromatic carbocycles. The third kappa shape index (κ3) is 16.8. The van der Waals surface area contributed by atoms with Crippen LogP contribution in [0.2, 0.25) is 0 Å². The van der Waals surface area contributed by atoms with E-state index in [2.05, 4.69) is 138 Å². The zero-order chi connectivity index (χ0) is 76.2. The third-order valence-corrected chi connectivity index (χ3v) is 21.3. The van der Waals surface area contributed by atoms with Crippen molar-refractivity contribution in [2.24, 2.45) is 0 Å². The fraction of sp³-hybridized carbons (Fsp3) is 0.303. The fourth-order valence-electron chi connectivity index (χ4n) is 15.3. The number of rotatable bonds is 17. The average molecular weight is 1490 g/mol. The van der Waals surface area contributed by atoms with Crippen LogP contribution in [0.5, 0.6) is 28.7 Å². The molecule has 5 aliphatic rings. The van der Waals surface area contributed by atoms with Gasteiger partial charge in [0.1, 0.15) is 71.9 Å². The number of likely N-dealkylation sites (tertiary alicyclic amines) is 1. The minimum Gasteiger partial charge on any atom is -0.497 e. The highest BCUT2D eigenvalue weighted by molar-refractivity contribution is 6.00. The zero-order valence-electron chi connectivity index (χ0n) is 62.5. The number of benzene rings is 7. The predicted octanol–water partition coefficient (Wildman–Crippen LogP) is 15.0. The molecule has 0 unspecified atom stereocenters.